The van der Waals surface area contributed by atoms with Gasteiger partial charge in [0.1, 0.15) is 5.75 Å². The number of benzene rings is 2. The molecule has 0 heterocycles. The monoisotopic (exact) mass is 567 g/mol. The third-order valence-corrected chi connectivity index (χ3v) is 4.69. The van der Waals surface area contributed by atoms with Crippen molar-refractivity contribution in [1.82, 2.24) is 0 Å². The fourth-order valence-electron chi connectivity index (χ4n) is 2.18. The van der Waals surface area contributed by atoms with E-state index < -0.39 is 0 Å². The molecule has 0 aromatic heterocycles. The average Bonchev–Trinajstić information content (AvgIpc) is 2.65. The number of aromatic hydroxyl groups is 1. The van der Waals surface area contributed by atoms with E-state index >= 15 is 0 Å². The second-order valence-corrected chi connectivity index (χ2v) is 8.14. The normalized spacial score (nSPS) is 9.61. The Kier molecular flexibility index (Phi) is 16.5. The largest absolute Gasteiger partial charge is 1.00 e. The molecule has 0 amide bonds. The van der Waals surface area contributed by atoms with Gasteiger partial charge < -0.3 is 25.5 Å². The van der Waals surface area contributed by atoms with Gasteiger partial charge in [0.15, 0.2) is 29.3 Å². The van der Waals surface area contributed by atoms with Crippen LogP contribution in [0, 0.1) is 0 Å². The summed E-state index contributed by atoms with van der Waals surface area (Å²) in [6, 6.07) is 6.59. The first-order valence-electron chi connectivity index (χ1n) is 8.85. The Labute approximate surface area is 226 Å². The van der Waals surface area contributed by atoms with Crippen molar-refractivity contribution in [2.24, 2.45) is 0 Å². The summed E-state index contributed by atoms with van der Waals surface area (Å²) in [4.78, 5) is 10.7. The van der Waals surface area contributed by atoms with E-state index in [1.54, 1.807) is 32.4 Å². The average molecular weight is 569 g/mol. The molecule has 0 aliphatic carbocycles. The van der Waals surface area contributed by atoms with Gasteiger partial charge in [-0.1, -0.05) is 0 Å². The number of phenolic OH excluding ortho intramolecular Hbond substituents is 1. The van der Waals surface area contributed by atoms with Gasteiger partial charge in [-0.15, -0.1) is 0 Å². The number of ether oxygens (including phenoxy) is 4. The van der Waals surface area contributed by atoms with Gasteiger partial charge in [0.25, 0.3) is 0 Å². The Morgan fingerprint density at radius 2 is 1.26 bits per heavy atom. The maximum absolute atomic E-state index is 10.7. The molecule has 2 rings (SSSR count). The molecule has 165 valence electrons. The molecule has 0 bridgehead atoms. The molecule has 0 unspecified atom stereocenters. The van der Waals surface area contributed by atoms with E-state index in [9.17, 15) is 9.90 Å². The molecule has 2 aromatic rings. The molecule has 0 spiro atoms. The van der Waals surface area contributed by atoms with Crippen LogP contribution in [0.2, 0.25) is 0 Å². The van der Waals surface area contributed by atoms with E-state index in [0.717, 1.165) is 6.29 Å². The fourth-order valence-corrected chi connectivity index (χ4v) is 2.91. The number of rotatable bonds is 7. The van der Waals surface area contributed by atoms with Crippen LogP contribution in [-0.4, -0.2) is 46.2 Å². The predicted molar refractivity (Wildman–Crippen MR) is 127 cm³/mol. The van der Waals surface area contributed by atoms with Crippen LogP contribution < -0.4 is 48.5 Å². The fraction of sp³-hybridized carbons (Fsp3) is 0.381. The summed E-state index contributed by atoms with van der Waals surface area (Å²) in [7, 11) is 3.13. The third-order valence-electron chi connectivity index (χ3n) is 3.37. The van der Waals surface area contributed by atoms with Crippen molar-refractivity contribution in [2.75, 3.05) is 14.2 Å². The van der Waals surface area contributed by atoms with E-state index in [4.69, 9.17) is 18.9 Å². The zero-order valence-electron chi connectivity index (χ0n) is 19.9. The first kappa shape index (κ1) is 32.3. The van der Waals surface area contributed by atoms with Crippen molar-refractivity contribution in [3.8, 4) is 28.7 Å². The van der Waals surface area contributed by atoms with Crippen molar-refractivity contribution in [3.63, 3.8) is 0 Å². The van der Waals surface area contributed by atoms with Gasteiger partial charge in [0, 0.05) is 30.6 Å². The van der Waals surface area contributed by atoms with Crippen molar-refractivity contribution in [3.05, 3.63) is 38.8 Å². The summed E-state index contributed by atoms with van der Waals surface area (Å²) < 4.78 is 22.6. The van der Waals surface area contributed by atoms with Crippen molar-refractivity contribution in [1.29, 1.82) is 0 Å². The Balaban J connectivity index is -0.000000481. The minimum Gasteiger partial charge on any atom is -1.00 e. The van der Waals surface area contributed by atoms with E-state index in [2.05, 4.69) is 31.9 Å². The van der Waals surface area contributed by atoms with Gasteiger partial charge >= 0.3 is 29.6 Å². The Hall–Kier alpha value is -0.865. The zero-order chi connectivity index (χ0) is 22.1. The SMILES string of the molecule is COc1cc(Br)c(C=O)cc1OC(C)C.COc1cc(Br)c(O)cc1OC(C)C.[B].[H-].[Na+]. The molecular weight excluding hydrogens is 542 g/mol. The van der Waals surface area contributed by atoms with Crippen LogP contribution in [-0.2, 0) is 0 Å². The van der Waals surface area contributed by atoms with Gasteiger partial charge in [0.05, 0.1) is 30.9 Å². The third kappa shape index (κ3) is 10.5. The summed E-state index contributed by atoms with van der Waals surface area (Å²) in [5.41, 5.74) is 0.548. The molecule has 0 saturated carbocycles. The zero-order valence-corrected chi connectivity index (χ0v) is 24.0. The summed E-state index contributed by atoms with van der Waals surface area (Å²) in [5.74, 6) is 2.48. The predicted octanol–water partition coefficient (Wildman–Crippen LogP) is 2.74. The molecule has 6 nitrogen and oxygen atoms in total. The molecule has 31 heavy (non-hydrogen) atoms. The smallest absolute Gasteiger partial charge is 1.00 e. The van der Waals surface area contributed by atoms with Crippen LogP contribution >= 0.6 is 31.9 Å². The quantitative estimate of drug-likeness (QED) is 0.409. The number of hydrogen-bond donors (Lipinski definition) is 1. The summed E-state index contributed by atoms with van der Waals surface area (Å²) in [6.07, 6.45) is 0.862. The second kappa shape index (κ2) is 15.9. The number of methoxy groups -OCH3 is 2. The number of phenols is 1. The Morgan fingerprint density at radius 1 is 0.839 bits per heavy atom. The molecule has 0 aliphatic rings. The van der Waals surface area contributed by atoms with Crippen LogP contribution in [0.1, 0.15) is 39.5 Å². The van der Waals surface area contributed by atoms with E-state index in [-0.39, 0.29) is 57.4 Å². The minimum absolute atomic E-state index is 0. The van der Waals surface area contributed by atoms with E-state index in [1.165, 1.54) is 6.07 Å². The first-order valence-corrected chi connectivity index (χ1v) is 10.4. The summed E-state index contributed by atoms with van der Waals surface area (Å²) in [5, 5.41) is 9.45. The van der Waals surface area contributed by atoms with Gasteiger partial charge in [-0.25, -0.2) is 0 Å². The molecule has 0 aliphatic heterocycles. The molecule has 1 N–H and O–H groups in total. The molecule has 0 fully saturated rings. The molecule has 2 aromatic carbocycles. The number of aldehydes is 1. The van der Waals surface area contributed by atoms with Gasteiger partial charge in [-0.3, -0.25) is 4.79 Å². The standard InChI is InChI=1S/C11H13BrO3.C10H13BrO3.B.Na.H/c1-7(2)15-11-4-8(6-13)9(12)5-10(11)14-3;1-6(2)14-10-5-8(12)7(11)4-9(10)13-3;;;/h4-7H,1-3H3;4-6,12H,1-3H3;;;/q;;;+1;-1. The number of hydrogen-bond acceptors (Lipinski definition) is 6. The van der Waals surface area contributed by atoms with Crippen LogP contribution in [0.5, 0.6) is 28.7 Å². The van der Waals surface area contributed by atoms with E-state index in [1.807, 2.05) is 27.7 Å². The van der Waals surface area contributed by atoms with E-state index in [0.29, 0.717) is 37.5 Å². The summed E-state index contributed by atoms with van der Waals surface area (Å²) >= 11 is 6.48. The van der Waals surface area contributed by atoms with Crippen LogP contribution in [0.15, 0.2) is 33.2 Å². The molecule has 3 radical (unpaired) electrons. The second-order valence-electron chi connectivity index (χ2n) is 6.43. The van der Waals surface area contributed by atoms with Gasteiger partial charge in [-0.2, -0.15) is 0 Å². The van der Waals surface area contributed by atoms with Crippen LogP contribution in [0.4, 0.5) is 0 Å². The maximum atomic E-state index is 10.7. The number of halogens is 2. The topological polar surface area (TPSA) is 74.2 Å². The van der Waals surface area contributed by atoms with Crippen LogP contribution in [0.25, 0.3) is 0 Å². The Morgan fingerprint density at radius 3 is 1.65 bits per heavy atom. The number of carbonyl (C=O) groups is 1. The van der Waals surface area contributed by atoms with Gasteiger partial charge in [-0.05, 0) is 71.7 Å². The minimum atomic E-state index is 0. The molecule has 10 heteroatoms. The van der Waals surface area contributed by atoms with Crippen LogP contribution in [0.3, 0.4) is 0 Å². The van der Waals surface area contributed by atoms with Crippen molar-refractivity contribution in [2.45, 2.75) is 39.9 Å². The number of carbonyl (C=O) groups excluding carboxylic acids is 1. The van der Waals surface area contributed by atoms with Gasteiger partial charge in [0.2, 0.25) is 0 Å². The Bertz CT molecular complexity index is 840. The van der Waals surface area contributed by atoms with Crippen molar-refractivity contribution >= 4 is 46.6 Å². The van der Waals surface area contributed by atoms with Crippen molar-refractivity contribution < 1.29 is 59.8 Å². The first-order chi connectivity index (χ1) is 13.6. The maximum Gasteiger partial charge on any atom is 1.00 e. The summed E-state index contributed by atoms with van der Waals surface area (Å²) in [6.45, 7) is 7.67. The molecular formula is C21H27BBr2NaO6. The molecule has 0 atom stereocenters. The molecule has 0 saturated heterocycles.